The molecule has 0 aromatic heterocycles. The van der Waals surface area contributed by atoms with Gasteiger partial charge in [0.15, 0.2) is 0 Å². The van der Waals surface area contributed by atoms with Gasteiger partial charge in [0, 0.05) is 39.3 Å². The van der Waals surface area contributed by atoms with Crippen LogP contribution in [0.15, 0.2) is 0 Å². The van der Waals surface area contributed by atoms with Crippen molar-refractivity contribution in [2.75, 3.05) is 39.3 Å². The molecule has 0 aromatic carbocycles. The highest BCUT2D eigenvalue weighted by Gasteiger charge is 2.24. The Bertz CT molecular complexity index is 324. The van der Waals surface area contributed by atoms with Crippen molar-refractivity contribution in [1.82, 2.24) is 9.80 Å². The lowest BCUT2D eigenvalue weighted by Gasteiger charge is -2.35. The maximum absolute atomic E-state index is 12.2. The molecule has 1 atom stereocenters. The van der Waals surface area contributed by atoms with E-state index in [4.69, 9.17) is 22.7 Å². The minimum absolute atomic E-state index is 0.135. The Labute approximate surface area is 120 Å². The van der Waals surface area contributed by atoms with Crippen LogP contribution in [0.2, 0.25) is 0 Å². The van der Waals surface area contributed by atoms with Crippen molar-refractivity contribution in [2.24, 2.45) is 5.73 Å². The normalized spacial score (nSPS) is 25.3. The van der Waals surface area contributed by atoms with Crippen LogP contribution in [0.25, 0.3) is 0 Å². The molecule has 2 saturated heterocycles. The molecular formula is C13H23N3O2S. The monoisotopic (exact) mass is 285 g/mol. The Morgan fingerprint density at radius 3 is 2.58 bits per heavy atom. The van der Waals surface area contributed by atoms with Crippen molar-refractivity contribution in [3.05, 3.63) is 0 Å². The fourth-order valence-electron chi connectivity index (χ4n) is 2.67. The second kappa shape index (κ2) is 7.17. The van der Waals surface area contributed by atoms with Gasteiger partial charge in [0.25, 0.3) is 0 Å². The summed E-state index contributed by atoms with van der Waals surface area (Å²) in [7, 11) is 0. The van der Waals surface area contributed by atoms with Crippen LogP contribution in [0.1, 0.15) is 25.7 Å². The highest BCUT2D eigenvalue weighted by atomic mass is 32.1. The van der Waals surface area contributed by atoms with Gasteiger partial charge in [-0.25, -0.2) is 0 Å². The molecule has 1 amide bonds. The summed E-state index contributed by atoms with van der Waals surface area (Å²) in [5, 5.41) is 0. The number of piperazine rings is 1. The van der Waals surface area contributed by atoms with Crippen LogP contribution < -0.4 is 5.73 Å². The average molecular weight is 285 g/mol. The molecule has 6 heteroatoms. The first-order valence-electron chi connectivity index (χ1n) is 7.05. The Morgan fingerprint density at radius 2 is 2.00 bits per heavy atom. The molecule has 0 aliphatic carbocycles. The van der Waals surface area contributed by atoms with E-state index in [1.54, 1.807) is 0 Å². The van der Waals surface area contributed by atoms with Gasteiger partial charge in [0.1, 0.15) is 0 Å². The molecule has 19 heavy (non-hydrogen) atoms. The fraction of sp³-hybridized carbons (Fsp3) is 0.846. The molecule has 0 bridgehead atoms. The average Bonchev–Trinajstić information content (AvgIpc) is 2.40. The van der Waals surface area contributed by atoms with Crippen molar-refractivity contribution < 1.29 is 9.53 Å². The second-order valence-electron chi connectivity index (χ2n) is 5.32. The minimum Gasteiger partial charge on any atom is -0.392 e. The van der Waals surface area contributed by atoms with E-state index in [2.05, 4.69) is 4.90 Å². The highest BCUT2D eigenvalue weighted by Crippen LogP contribution is 2.17. The number of hydrogen-bond donors (Lipinski definition) is 1. The SMILES string of the molecule is NC(=S)CN1CCN(C(=O)CC2CCCCO2)CC1. The van der Waals surface area contributed by atoms with Crippen LogP contribution in [0, 0.1) is 0 Å². The fourth-order valence-corrected chi connectivity index (χ4v) is 2.85. The van der Waals surface area contributed by atoms with Gasteiger partial charge in [0.05, 0.1) is 17.5 Å². The van der Waals surface area contributed by atoms with E-state index in [0.29, 0.717) is 18.0 Å². The van der Waals surface area contributed by atoms with Crippen molar-refractivity contribution in [1.29, 1.82) is 0 Å². The third-order valence-electron chi connectivity index (χ3n) is 3.78. The summed E-state index contributed by atoms with van der Waals surface area (Å²) in [5.74, 6) is 0.224. The van der Waals surface area contributed by atoms with E-state index >= 15 is 0 Å². The molecule has 2 rings (SSSR count). The molecule has 2 fully saturated rings. The van der Waals surface area contributed by atoms with Gasteiger partial charge in [-0.05, 0) is 19.3 Å². The molecular weight excluding hydrogens is 262 g/mol. The number of ether oxygens (including phenoxy) is 1. The van der Waals surface area contributed by atoms with Gasteiger partial charge in [-0.15, -0.1) is 0 Å². The molecule has 0 aromatic rings. The third-order valence-corrected chi connectivity index (χ3v) is 3.91. The Balaban J connectivity index is 1.71. The lowest BCUT2D eigenvalue weighted by Crippen LogP contribution is -2.51. The molecule has 108 valence electrons. The first kappa shape index (κ1) is 14.7. The number of amides is 1. The molecule has 5 nitrogen and oxygen atoms in total. The molecule has 0 saturated carbocycles. The zero-order valence-corrected chi connectivity index (χ0v) is 12.2. The number of nitrogens with two attached hydrogens (primary N) is 1. The smallest absolute Gasteiger partial charge is 0.225 e. The van der Waals surface area contributed by atoms with E-state index in [0.717, 1.165) is 45.6 Å². The summed E-state index contributed by atoms with van der Waals surface area (Å²) in [6.07, 6.45) is 4.00. The molecule has 0 spiro atoms. The van der Waals surface area contributed by atoms with Crippen molar-refractivity contribution in [3.63, 3.8) is 0 Å². The van der Waals surface area contributed by atoms with Crippen molar-refractivity contribution >= 4 is 23.1 Å². The lowest BCUT2D eigenvalue weighted by molar-refractivity contribution is -0.136. The van der Waals surface area contributed by atoms with E-state index in [1.165, 1.54) is 6.42 Å². The maximum atomic E-state index is 12.2. The summed E-state index contributed by atoms with van der Waals surface area (Å²) in [4.78, 5) is 16.8. The zero-order chi connectivity index (χ0) is 13.7. The van der Waals surface area contributed by atoms with Gasteiger partial charge in [-0.1, -0.05) is 12.2 Å². The van der Waals surface area contributed by atoms with Gasteiger partial charge in [-0.3, -0.25) is 9.69 Å². The lowest BCUT2D eigenvalue weighted by atomic mass is 10.1. The summed E-state index contributed by atoms with van der Waals surface area (Å²) >= 11 is 4.90. The Morgan fingerprint density at radius 1 is 1.26 bits per heavy atom. The van der Waals surface area contributed by atoms with Gasteiger partial charge in [0.2, 0.25) is 5.91 Å². The number of carbonyl (C=O) groups is 1. The number of rotatable bonds is 4. The largest absolute Gasteiger partial charge is 0.392 e. The number of hydrogen-bond acceptors (Lipinski definition) is 4. The summed E-state index contributed by atoms with van der Waals surface area (Å²) in [5.41, 5.74) is 5.53. The van der Waals surface area contributed by atoms with Crippen LogP contribution in [-0.2, 0) is 9.53 Å². The Kier molecular flexibility index (Phi) is 5.54. The van der Waals surface area contributed by atoms with Gasteiger partial charge >= 0.3 is 0 Å². The molecule has 1 unspecified atom stereocenters. The molecule has 0 radical (unpaired) electrons. The Hall–Kier alpha value is -0.720. The summed E-state index contributed by atoms with van der Waals surface area (Å²) < 4.78 is 5.62. The van der Waals surface area contributed by atoms with E-state index in [-0.39, 0.29) is 12.0 Å². The van der Waals surface area contributed by atoms with Crippen molar-refractivity contribution in [2.45, 2.75) is 31.8 Å². The quantitative estimate of drug-likeness (QED) is 0.757. The molecule has 2 aliphatic rings. The van der Waals surface area contributed by atoms with E-state index < -0.39 is 0 Å². The molecule has 2 aliphatic heterocycles. The van der Waals surface area contributed by atoms with E-state index in [9.17, 15) is 4.79 Å². The van der Waals surface area contributed by atoms with Gasteiger partial charge in [-0.2, -0.15) is 0 Å². The highest BCUT2D eigenvalue weighted by molar-refractivity contribution is 7.80. The summed E-state index contributed by atoms with van der Waals surface area (Å²) in [6.45, 7) is 4.72. The zero-order valence-electron chi connectivity index (χ0n) is 11.3. The molecule has 2 heterocycles. The first-order valence-corrected chi connectivity index (χ1v) is 7.46. The van der Waals surface area contributed by atoms with E-state index in [1.807, 2.05) is 4.90 Å². The number of carbonyl (C=O) groups excluding carboxylic acids is 1. The predicted molar refractivity (Wildman–Crippen MR) is 78.0 cm³/mol. The summed E-state index contributed by atoms with van der Waals surface area (Å²) in [6, 6.07) is 0. The van der Waals surface area contributed by atoms with Crippen molar-refractivity contribution in [3.8, 4) is 0 Å². The maximum Gasteiger partial charge on any atom is 0.225 e. The second-order valence-corrected chi connectivity index (χ2v) is 5.84. The minimum atomic E-state index is 0.135. The number of thiocarbonyl (C=S) groups is 1. The van der Waals surface area contributed by atoms with Gasteiger partial charge < -0.3 is 15.4 Å². The molecule has 2 N–H and O–H groups in total. The topological polar surface area (TPSA) is 58.8 Å². The third kappa shape index (κ3) is 4.71. The van der Waals surface area contributed by atoms with Crippen LogP contribution in [0.3, 0.4) is 0 Å². The number of nitrogens with zero attached hydrogens (tertiary/aromatic N) is 2. The predicted octanol–water partition coefficient (Wildman–Crippen LogP) is 0.376. The van der Waals surface area contributed by atoms with Crippen LogP contribution in [0.4, 0.5) is 0 Å². The van der Waals surface area contributed by atoms with Crippen LogP contribution >= 0.6 is 12.2 Å². The first-order chi connectivity index (χ1) is 9.15. The van der Waals surface area contributed by atoms with Crippen LogP contribution in [-0.4, -0.2) is 66.1 Å². The van der Waals surface area contributed by atoms with Crippen LogP contribution in [0.5, 0.6) is 0 Å². The standard InChI is InChI=1S/C13H23N3O2S/c14-12(19)10-15-4-6-16(7-5-15)13(17)9-11-3-1-2-8-18-11/h11H,1-10H2,(H2,14,19).